The first kappa shape index (κ1) is 24.0. The molecule has 29 heavy (non-hydrogen) atoms. The fourth-order valence-corrected chi connectivity index (χ4v) is 2.62. The molecule has 0 aliphatic rings. The van der Waals surface area contributed by atoms with Gasteiger partial charge in [-0.2, -0.15) is 5.26 Å². The van der Waals surface area contributed by atoms with Crippen molar-refractivity contribution in [1.29, 1.82) is 5.26 Å². The monoisotopic (exact) mass is 403 g/mol. The van der Waals surface area contributed by atoms with Gasteiger partial charge in [-0.25, -0.2) is 9.59 Å². The zero-order chi connectivity index (χ0) is 21.5. The number of carbonyl (C=O) groups excluding carboxylic acids is 3. The van der Waals surface area contributed by atoms with E-state index in [0.717, 1.165) is 12.0 Å². The molecule has 0 aromatic heterocycles. The van der Waals surface area contributed by atoms with Crippen LogP contribution in [0.1, 0.15) is 44.6 Å². The Morgan fingerprint density at radius 2 is 1.86 bits per heavy atom. The number of nitrogens with one attached hydrogen (secondary N) is 2. The summed E-state index contributed by atoms with van der Waals surface area (Å²) in [6.07, 6.45) is 1.99. The molecule has 2 N–H and O–H groups in total. The molecule has 0 saturated heterocycles. The van der Waals surface area contributed by atoms with Crippen molar-refractivity contribution < 1.29 is 23.9 Å². The van der Waals surface area contributed by atoms with Gasteiger partial charge in [0.05, 0.1) is 13.2 Å². The van der Waals surface area contributed by atoms with Gasteiger partial charge in [-0.1, -0.05) is 43.7 Å². The van der Waals surface area contributed by atoms with Crippen LogP contribution in [0.5, 0.6) is 0 Å². The Hall–Kier alpha value is -3.08. The second kappa shape index (κ2) is 14.0. The lowest BCUT2D eigenvalue weighted by Crippen LogP contribution is -2.45. The Kier molecular flexibility index (Phi) is 11.6. The van der Waals surface area contributed by atoms with Crippen LogP contribution >= 0.6 is 0 Å². The van der Waals surface area contributed by atoms with E-state index in [1.807, 2.05) is 36.4 Å². The van der Waals surface area contributed by atoms with Gasteiger partial charge in [0, 0.05) is 25.3 Å². The summed E-state index contributed by atoms with van der Waals surface area (Å²) in [6, 6.07) is 10.6. The SMILES string of the molecule is COC(=O)[C@H](NC(=O)CCCCCNC(=O)OCc1ccccc1)[C@H](C)CC#N. The number of rotatable bonds is 12. The molecule has 0 heterocycles. The van der Waals surface area contributed by atoms with E-state index in [4.69, 9.17) is 14.7 Å². The zero-order valence-electron chi connectivity index (χ0n) is 17.0. The smallest absolute Gasteiger partial charge is 0.407 e. The van der Waals surface area contributed by atoms with Crippen LogP contribution in [-0.2, 0) is 25.7 Å². The summed E-state index contributed by atoms with van der Waals surface area (Å²) in [4.78, 5) is 35.5. The number of carbonyl (C=O) groups is 3. The Balaban J connectivity index is 2.16. The second-order valence-corrected chi connectivity index (χ2v) is 6.71. The number of hydrogen-bond donors (Lipinski definition) is 2. The first-order valence-electron chi connectivity index (χ1n) is 9.66. The molecule has 2 atom stereocenters. The molecule has 2 amide bonds. The predicted octanol–water partition coefficient (Wildman–Crippen LogP) is 2.68. The van der Waals surface area contributed by atoms with Gasteiger partial charge < -0.3 is 20.1 Å². The average molecular weight is 403 g/mol. The molecule has 1 aromatic rings. The standard InChI is InChI=1S/C21H29N3O5/c1-16(12-13-22)19(20(26)28-2)24-18(25)11-7-4-8-14-23-21(27)29-15-17-9-5-3-6-10-17/h3,5-6,9-10,16,19H,4,7-8,11-12,14-15H2,1-2H3,(H,23,27)(H,24,25)/t16-,19-/m1/s1. The van der Waals surface area contributed by atoms with E-state index in [-0.39, 0.29) is 31.3 Å². The van der Waals surface area contributed by atoms with Crippen LogP contribution in [0.25, 0.3) is 0 Å². The quantitative estimate of drug-likeness (QED) is 0.409. The fourth-order valence-electron chi connectivity index (χ4n) is 2.62. The lowest BCUT2D eigenvalue weighted by molar-refractivity contribution is -0.146. The number of ether oxygens (including phenoxy) is 2. The molecule has 0 saturated carbocycles. The Labute approximate surface area is 171 Å². The first-order chi connectivity index (χ1) is 14.0. The van der Waals surface area contributed by atoms with Crippen molar-refractivity contribution in [3.8, 4) is 6.07 Å². The van der Waals surface area contributed by atoms with Gasteiger partial charge in [0.1, 0.15) is 12.6 Å². The number of benzene rings is 1. The maximum atomic E-state index is 12.1. The highest BCUT2D eigenvalue weighted by Crippen LogP contribution is 2.10. The number of hydrogen-bond acceptors (Lipinski definition) is 6. The molecule has 0 aliphatic heterocycles. The van der Waals surface area contributed by atoms with Crippen LogP contribution < -0.4 is 10.6 Å². The summed E-state index contributed by atoms with van der Waals surface area (Å²) in [5, 5.41) is 14.1. The van der Waals surface area contributed by atoms with E-state index in [9.17, 15) is 14.4 Å². The lowest BCUT2D eigenvalue weighted by Gasteiger charge is -2.21. The molecule has 0 bridgehead atoms. The Morgan fingerprint density at radius 1 is 1.14 bits per heavy atom. The van der Waals surface area contributed by atoms with E-state index >= 15 is 0 Å². The van der Waals surface area contributed by atoms with Crippen molar-refractivity contribution in [3.05, 3.63) is 35.9 Å². The highest BCUT2D eigenvalue weighted by molar-refractivity contribution is 5.84. The first-order valence-corrected chi connectivity index (χ1v) is 9.66. The van der Waals surface area contributed by atoms with Crippen molar-refractivity contribution in [2.75, 3.05) is 13.7 Å². The predicted molar refractivity (Wildman–Crippen MR) is 106 cm³/mol. The molecule has 0 fully saturated rings. The third kappa shape index (κ3) is 10.1. The van der Waals surface area contributed by atoms with Crippen molar-refractivity contribution >= 4 is 18.0 Å². The summed E-state index contributed by atoms with van der Waals surface area (Å²) < 4.78 is 9.80. The van der Waals surface area contributed by atoms with Gasteiger partial charge in [-0.05, 0) is 18.4 Å². The van der Waals surface area contributed by atoms with Crippen molar-refractivity contribution in [2.45, 2.75) is 51.7 Å². The highest BCUT2D eigenvalue weighted by Gasteiger charge is 2.27. The molecule has 8 heteroatoms. The number of nitrogens with zero attached hydrogens (tertiary/aromatic N) is 1. The van der Waals surface area contributed by atoms with Crippen LogP contribution in [0.2, 0.25) is 0 Å². The maximum absolute atomic E-state index is 12.1. The fraction of sp³-hybridized carbons (Fsp3) is 0.524. The van der Waals surface area contributed by atoms with Crippen LogP contribution in [0, 0.1) is 17.2 Å². The van der Waals surface area contributed by atoms with Gasteiger partial charge in [0.25, 0.3) is 0 Å². The van der Waals surface area contributed by atoms with Crippen LogP contribution in [-0.4, -0.2) is 37.7 Å². The van der Waals surface area contributed by atoms with Gasteiger partial charge in [-0.3, -0.25) is 4.79 Å². The normalized spacial score (nSPS) is 12.2. The summed E-state index contributed by atoms with van der Waals surface area (Å²) in [7, 11) is 1.25. The maximum Gasteiger partial charge on any atom is 0.407 e. The van der Waals surface area contributed by atoms with E-state index in [0.29, 0.717) is 19.4 Å². The molecule has 0 spiro atoms. The van der Waals surface area contributed by atoms with Crippen molar-refractivity contribution in [1.82, 2.24) is 10.6 Å². The number of esters is 1. The molecule has 1 rings (SSSR count). The van der Waals surface area contributed by atoms with Crippen LogP contribution in [0.4, 0.5) is 4.79 Å². The Bertz CT molecular complexity index is 687. The van der Waals surface area contributed by atoms with Gasteiger partial charge >= 0.3 is 12.1 Å². The Morgan fingerprint density at radius 3 is 2.52 bits per heavy atom. The highest BCUT2D eigenvalue weighted by atomic mass is 16.5. The van der Waals surface area contributed by atoms with Gasteiger partial charge in [0.2, 0.25) is 5.91 Å². The molecular weight excluding hydrogens is 374 g/mol. The number of unbranched alkanes of at least 4 members (excludes halogenated alkanes) is 2. The molecule has 0 aliphatic carbocycles. The molecule has 8 nitrogen and oxygen atoms in total. The second-order valence-electron chi connectivity index (χ2n) is 6.71. The summed E-state index contributed by atoms with van der Waals surface area (Å²) in [6.45, 7) is 2.39. The average Bonchev–Trinajstić information content (AvgIpc) is 2.73. The third-order valence-corrected chi connectivity index (χ3v) is 4.32. The largest absolute Gasteiger partial charge is 0.467 e. The van der Waals surface area contributed by atoms with Crippen molar-refractivity contribution in [2.24, 2.45) is 5.92 Å². The number of nitriles is 1. The van der Waals surface area contributed by atoms with E-state index in [2.05, 4.69) is 10.6 Å². The number of methoxy groups -OCH3 is 1. The topological polar surface area (TPSA) is 118 Å². The lowest BCUT2D eigenvalue weighted by atomic mass is 9.98. The minimum atomic E-state index is -0.826. The molecule has 1 aromatic carbocycles. The molecule has 158 valence electrons. The van der Waals surface area contributed by atoms with E-state index < -0.39 is 18.1 Å². The molecule has 0 radical (unpaired) electrons. The van der Waals surface area contributed by atoms with Crippen LogP contribution in [0.15, 0.2) is 30.3 Å². The molecular formula is C21H29N3O5. The number of alkyl carbamates (subject to hydrolysis) is 1. The third-order valence-electron chi connectivity index (χ3n) is 4.32. The van der Waals surface area contributed by atoms with Gasteiger partial charge in [0.15, 0.2) is 0 Å². The summed E-state index contributed by atoms with van der Waals surface area (Å²) in [5.41, 5.74) is 0.919. The van der Waals surface area contributed by atoms with E-state index in [1.54, 1.807) is 6.92 Å². The minimum absolute atomic E-state index is 0.145. The molecule has 0 unspecified atom stereocenters. The van der Waals surface area contributed by atoms with E-state index in [1.165, 1.54) is 7.11 Å². The van der Waals surface area contributed by atoms with Crippen LogP contribution in [0.3, 0.4) is 0 Å². The number of amides is 2. The zero-order valence-corrected chi connectivity index (χ0v) is 17.0. The minimum Gasteiger partial charge on any atom is -0.467 e. The van der Waals surface area contributed by atoms with Gasteiger partial charge in [-0.15, -0.1) is 0 Å². The van der Waals surface area contributed by atoms with Crippen molar-refractivity contribution in [3.63, 3.8) is 0 Å². The summed E-state index contributed by atoms with van der Waals surface area (Å²) in [5.74, 6) is -1.15. The summed E-state index contributed by atoms with van der Waals surface area (Å²) >= 11 is 0.